The lowest BCUT2D eigenvalue weighted by atomic mass is 10.0. The Morgan fingerprint density at radius 1 is 1.19 bits per heavy atom. The van der Waals surface area contributed by atoms with Crippen molar-refractivity contribution in [3.63, 3.8) is 0 Å². The van der Waals surface area contributed by atoms with Crippen molar-refractivity contribution >= 4 is 7.60 Å². The third kappa shape index (κ3) is 2.05. The highest BCUT2D eigenvalue weighted by atomic mass is 31.2. The van der Waals surface area contributed by atoms with Crippen LogP contribution in [0.4, 0.5) is 0 Å². The first-order valence-electron chi connectivity index (χ1n) is 4.70. The summed E-state index contributed by atoms with van der Waals surface area (Å²) in [6, 6.07) is 2.74. The average molecular weight is 245 g/mol. The average Bonchev–Trinajstić information content (AvgIpc) is 2.17. The molecular weight excluding hydrogens is 233 g/mol. The predicted molar refractivity (Wildman–Crippen MR) is 56.1 cm³/mol. The summed E-state index contributed by atoms with van der Waals surface area (Å²) < 4.78 is 11.1. The Balaban J connectivity index is 2.34. The van der Waals surface area contributed by atoms with Gasteiger partial charge in [-0.3, -0.25) is 9.88 Å². The maximum absolute atomic E-state index is 11.1. The monoisotopic (exact) mass is 245 g/mol. The molecule has 1 aromatic rings. The van der Waals surface area contributed by atoms with Crippen LogP contribution in [-0.2, 0) is 17.5 Å². The van der Waals surface area contributed by atoms with Gasteiger partial charge in [0.2, 0.25) is 0 Å². The maximum Gasteiger partial charge on any atom is 0.342 e. The predicted octanol–water partition coefficient (Wildman–Crippen LogP) is 0.247. The lowest BCUT2D eigenvalue weighted by Crippen LogP contribution is -2.35. The van der Waals surface area contributed by atoms with Crippen LogP contribution in [0.3, 0.4) is 0 Å². The highest BCUT2D eigenvalue weighted by Gasteiger charge is 2.32. The molecule has 88 valence electrons. The molecule has 0 aromatic heterocycles. The first kappa shape index (κ1) is 11.4. The molecule has 0 aliphatic carbocycles. The quantitative estimate of drug-likeness (QED) is 0.358. The van der Waals surface area contributed by atoms with Gasteiger partial charge in [-0.05, 0) is 29.7 Å². The van der Waals surface area contributed by atoms with Crippen molar-refractivity contribution < 1.29 is 24.6 Å². The van der Waals surface area contributed by atoms with E-state index >= 15 is 0 Å². The van der Waals surface area contributed by atoms with E-state index in [1.54, 1.807) is 0 Å². The maximum atomic E-state index is 11.1. The smallest absolute Gasteiger partial charge is 0.342 e. The Morgan fingerprint density at radius 2 is 1.75 bits per heavy atom. The van der Waals surface area contributed by atoms with E-state index in [-0.39, 0.29) is 24.5 Å². The number of aromatic hydroxyl groups is 2. The number of phenolic OH excluding ortho intramolecular Hbond substituents is 2. The topological polar surface area (TPSA) is 110 Å². The fourth-order valence-electron chi connectivity index (χ4n) is 1.76. The van der Waals surface area contributed by atoms with E-state index in [0.717, 1.165) is 5.56 Å². The van der Waals surface area contributed by atoms with Gasteiger partial charge in [0.1, 0.15) is 5.78 Å². The van der Waals surface area contributed by atoms with Crippen LogP contribution in [0.15, 0.2) is 12.1 Å². The highest BCUT2D eigenvalue weighted by Crippen LogP contribution is 2.44. The van der Waals surface area contributed by atoms with Crippen LogP contribution in [0, 0.1) is 0 Å². The SMILES string of the molecule is O=P(O)(O)[C@@H]1Cc2cc(O)c(O)cc2CN1. The molecule has 1 aliphatic rings. The first-order chi connectivity index (χ1) is 7.38. The Morgan fingerprint density at radius 3 is 2.31 bits per heavy atom. The lowest BCUT2D eigenvalue weighted by molar-refractivity contribution is 0.340. The molecule has 0 amide bonds. The molecule has 0 fully saturated rings. The van der Waals surface area contributed by atoms with Gasteiger partial charge in [-0.25, -0.2) is 0 Å². The summed E-state index contributed by atoms with van der Waals surface area (Å²) in [5.41, 5.74) is 1.38. The molecule has 5 N–H and O–H groups in total. The molecule has 16 heavy (non-hydrogen) atoms. The summed E-state index contributed by atoms with van der Waals surface area (Å²) in [7, 11) is -4.18. The Labute approximate surface area is 91.7 Å². The van der Waals surface area contributed by atoms with Gasteiger partial charge in [0, 0.05) is 6.54 Å². The second-order valence-electron chi connectivity index (χ2n) is 3.80. The van der Waals surface area contributed by atoms with Gasteiger partial charge in [0.05, 0.1) is 0 Å². The van der Waals surface area contributed by atoms with Gasteiger partial charge in [-0.2, -0.15) is 0 Å². The minimum atomic E-state index is -4.18. The summed E-state index contributed by atoms with van der Waals surface area (Å²) in [5.74, 6) is -1.43. The van der Waals surface area contributed by atoms with Crippen LogP contribution in [0.1, 0.15) is 11.1 Å². The van der Waals surface area contributed by atoms with Crippen molar-refractivity contribution in [2.24, 2.45) is 0 Å². The zero-order valence-corrected chi connectivity index (χ0v) is 9.19. The summed E-state index contributed by atoms with van der Waals surface area (Å²) >= 11 is 0. The summed E-state index contributed by atoms with van der Waals surface area (Å²) in [6.45, 7) is 0.263. The lowest BCUT2D eigenvalue weighted by Gasteiger charge is -2.26. The van der Waals surface area contributed by atoms with Gasteiger partial charge < -0.3 is 20.0 Å². The van der Waals surface area contributed by atoms with Crippen LogP contribution < -0.4 is 5.32 Å². The van der Waals surface area contributed by atoms with Crippen molar-refractivity contribution in [1.82, 2.24) is 5.32 Å². The molecule has 1 atom stereocenters. The van der Waals surface area contributed by atoms with Crippen molar-refractivity contribution in [3.8, 4) is 11.5 Å². The number of benzene rings is 1. The molecular formula is C9H12NO5P. The number of fused-ring (bicyclic) bond motifs is 1. The zero-order valence-electron chi connectivity index (χ0n) is 8.29. The molecule has 0 unspecified atom stereocenters. The molecule has 1 aliphatic heterocycles. The van der Waals surface area contributed by atoms with Gasteiger partial charge >= 0.3 is 7.60 Å². The Bertz CT molecular complexity index is 469. The molecule has 0 saturated heterocycles. The van der Waals surface area contributed by atoms with Gasteiger partial charge in [0.25, 0.3) is 0 Å². The third-order valence-corrected chi connectivity index (χ3v) is 3.82. The van der Waals surface area contributed by atoms with E-state index in [0.29, 0.717) is 5.56 Å². The molecule has 2 rings (SSSR count). The minimum absolute atomic E-state index is 0.132. The number of phenols is 2. The minimum Gasteiger partial charge on any atom is -0.504 e. The fourth-order valence-corrected chi connectivity index (χ4v) is 2.53. The molecule has 0 radical (unpaired) electrons. The van der Waals surface area contributed by atoms with Crippen LogP contribution in [-0.4, -0.2) is 25.8 Å². The molecule has 1 aromatic carbocycles. The number of hydrogen-bond acceptors (Lipinski definition) is 4. The number of nitrogens with one attached hydrogen (secondary N) is 1. The largest absolute Gasteiger partial charge is 0.504 e. The van der Waals surface area contributed by atoms with Crippen LogP contribution >= 0.6 is 7.60 Å². The highest BCUT2D eigenvalue weighted by molar-refractivity contribution is 7.52. The van der Waals surface area contributed by atoms with E-state index in [1.807, 2.05) is 0 Å². The van der Waals surface area contributed by atoms with Gasteiger partial charge in [0.15, 0.2) is 11.5 Å². The van der Waals surface area contributed by atoms with E-state index in [4.69, 9.17) is 9.79 Å². The van der Waals surface area contributed by atoms with Gasteiger partial charge in [-0.15, -0.1) is 0 Å². The number of hydrogen-bond donors (Lipinski definition) is 5. The molecule has 1 heterocycles. The summed E-state index contributed by atoms with van der Waals surface area (Å²) in [5, 5.41) is 21.3. The van der Waals surface area contributed by atoms with Crippen LogP contribution in [0.5, 0.6) is 11.5 Å². The molecule has 0 saturated carbocycles. The molecule has 6 nitrogen and oxygen atoms in total. The second-order valence-corrected chi connectivity index (χ2v) is 5.60. The molecule has 0 bridgehead atoms. The number of rotatable bonds is 1. The van der Waals surface area contributed by atoms with Crippen LogP contribution in [0.25, 0.3) is 0 Å². The van der Waals surface area contributed by atoms with Crippen molar-refractivity contribution in [2.45, 2.75) is 18.7 Å². The fraction of sp³-hybridized carbons (Fsp3) is 0.333. The zero-order chi connectivity index (χ0) is 11.9. The Kier molecular flexibility index (Phi) is 2.67. The standard InChI is InChI=1S/C9H12NO5P/c11-7-1-5-3-9(16(13,14)15)10-4-6(5)2-8(7)12/h1-2,9-12H,3-4H2,(H2,13,14,15)/t9-/m1/s1. The normalized spacial score (nSPS) is 20.5. The van der Waals surface area contributed by atoms with Crippen molar-refractivity contribution in [2.75, 3.05) is 0 Å². The summed E-state index contributed by atoms with van der Waals surface area (Å²) in [6.07, 6.45) is 0.132. The van der Waals surface area contributed by atoms with Crippen molar-refractivity contribution in [3.05, 3.63) is 23.3 Å². The molecule has 7 heteroatoms. The Hall–Kier alpha value is -1.07. The first-order valence-corrected chi connectivity index (χ1v) is 6.38. The molecule has 0 spiro atoms. The van der Waals surface area contributed by atoms with E-state index < -0.39 is 13.4 Å². The van der Waals surface area contributed by atoms with E-state index in [2.05, 4.69) is 5.32 Å². The second kappa shape index (κ2) is 3.75. The summed E-state index contributed by atoms with van der Waals surface area (Å²) in [4.78, 5) is 18.1. The van der Waals surface area contributed by atoms with E-state index in [9.17, 15) is 14.8 Å². The van der Waals surface area contributed by atoms with Crippen LogP contribution in [0.2, 0.25) is 0 Å². The third-order valence-electron chi connectivity index (χ3n) is 2.64. The van der Waals surface area contributed by atoms with Crippen molar-refractivity contribution in [1.29, 1.82) is 0 Å². The van der Waals surface area contributed by atoms with E-state index in [1.165, 1.54) is 12.1 Å². The van der Waals surface area contributed by atoms with Gasteiger partial charge in [-0.1, -0.05) is 0 Å².